The summed E-state index contributed by atoms with van der Waals surface area (Å²) in [4.78, 5) is 4.25. The lowest BCUT2D eigenvalue weighted by Crippen LogP contribution is -2.30. The Balaban J connectivity index is 2.69. The summed E-state index contributed by atoms with van der Waals surface area (Å²) in [7, 11) is 0. The van der Waals surface area contributed by atoms with Crippen molar-refractivity contribution in [3.63, 3.8) is 0 Å². The molecule has 0 spiro atoms. The smallest absolute Gasteiger partial charge is 0.137 e. The first-order valence-electron chi connectivity index (χ1n) is 6.50. The van der Waals surface area contributed by atoms with E-state index in [4.69, 9.17) is 4.74 Å². The number of ether oxygens (including phenoxy) is 1. The predicted molar refractivity (Wildman–Crippen MR) is 71.6 cm³/mol. The van der Waals surface area contributed by atoms with E-state index in [0.717, 1.165) is 25.3 Å². The summed E-state index contributed by atoms with van der Waals surface area (Å²) in [5.74, 6) is 1.31. The van der Waals surface area contributed by atoms with Gasteiger partial charge in [-0.3, -0.25) is 4.98 Å². The fraction of sp³-hybridized carbons (Fsp3) is 0.643. The van der Waals surface area contributed by atoms with Gasteiger partial charge in [0, 0.05) is 12.2 Å². The van der Waals surface area contributed by atoms with Crippen LogP contribution in [0.5, 0.6) is 5.75 Å². The summed E-state index contributed by atoms with van der Waals surface area (Å²) in [6, 6.07) is 2.55. The molecule has 0 aromatic carbocycles. The Morgan fingerprint density at radius 1 is 1.29 bits per heavy atom. The van der Waals surface area contributed by atoms with E-state index in [2.05, 4.69) is 44.1 Å². The van der Waals surface area contributed by atoms with Crippen molar-refractivity contribution in [2.24, 2.45) is 0 Å². The highest BCUT2D eigenvalue weighted by molar-refractivity contribution is 5.26. The van der Waals surface area contributed by atoms with Crippen molar-refractivity contribution in [1.82, 2.24) is 10.3 Å². The molecule has 0 saturated heterocycles. The highest BCUT2D eigenvalue weighted by Gasteiger charge is 2.14. The first-order chi connectivity index (χ1) is 8.19. The van der Waals surface area contributed by atoms with Gasteiger partial charge in [-0.2, -0.15) is 0 Å². The van der Waals surface area contributed by atoms with Gasteiger partial charge in [-0.15, -0.1) is 0 Å². The minimum absolute atomic E-state index is 0.438. The lowest BCUT2D eigenvalue weighted by Gasteiger charge is -2.21. The quantitative estimate of drug-likeness (QED) is 0.790. The molecule has 1 rings (SSSR count). The van der Waals surface area contributed by atoms with Crippen molar-refractivity contribution in [3.05, 3.63) is 24.0 Å². The van der Waals surface area contributed by atoms with Crippen LogP contribution < -0.4 is 10.1 Å². The Kier molecular flexibility index (Phi) is 5.98. The molecule has 1 N–H and O–H groups in total. The van der Waals surface area contributed by atoms with Gasteiger partial charge in [0.1, 0.15) is 5.75 Å². The molecule has 17 heavy (non-hydrogen) atoms. The van der Waals surface area contributed by atoms with E-state index in [1.807, 2.05) is 6.20 Å². The second kappa shape index (κ2) is 7.28. The number of hydrogen-bond acceptors (Lipinski definition) is 3. The van der Waals surface area contributed by atoms with E-state index in [1.165, 1.54) is 5.56 Å². The molecule has 3 heteroatoms. The van der Waals surface area contributed by atoms with Gasteiger partial charge in [-0.05, 0) is 37.4 Å². The second-order valence-electron chi connectivity index (χ2n) is 4.44. The minimum atomic E-state index is 0.438. The van der Waals surface area contributed by atoms with Crippen LogP contribution in [0.15, 0.2) is 18.5 Å². The number of nitrogens with one attached hydrogen (secondary N) is 1. The largest absolute Gasteiger partial charge is 0.492 e. The van der Waals surface area contributed by atoms with E-state index in [9.17, 15) is 0 Å². The van der Waals surface area contributed by atoms with Crippen LogP contribution in [0.1, 0.15) is 45.6 Å². The monoisotopic (exact) mass is 236 g/mol. The molecule has 0 fully saturated rings. The van der Waals surface area contributed by atoms with Gasteiger partial charge >= 0.3 is 0 Å². The summed E-state index contributed by atoms with van der Waals surface area (Å²) < 4.78 is 5.60. The highest BCUT2D eigenvalue weighted by atomic mass is 16.5. The lowest BCUT2D eigenvalue weighted by atomic mass is 9.96. The molecule has 96 valence electrons. The fourth-order valence-electron chi connectivity index (χ4n) is 1.77. The topological polar surface area (TPSA) is 34.1 Å². The van der Waals surface area contributed by atoms with Gasteiger partial charge in [0.05, 0.1) is 12.8 Å². The molecule has 2 atom stereocenters. The van der Waals surface area contributed by atoms with E-state index < -0.39 is 0 Å². The summed E-state index contributed by atoms with van der Waals surface area (Å²) >= 11 is 0. The highest BCUT2D eigenvalue weighted by Crippen LogP contribution is 2.22. The molecule has 1 aromatic rings. The first kappa shape index (κ1) is 14.0. The molecule has 0 aliphatic carbocycles. The minimum Gasteiger partial charge on any atom is -0.492 e. The Bertz CT molecular complexity index is 328. The van der Waals surface area contributed by atoms with Crippen molar-refractivity contribution in [3.8, 4) is 5.75 Å². The van der Waals surface area contributed by atoms with Crippen LogP contribution in [0.4, 0.5) is 0 Å². The number of likely N-dealkylation sites (N-methyl/N-ethyl adjacent to an activating group) is 1. The zero-order valence-electron chi connectivity index (χ0n) is 11.4. The standard InChI is InChI=1S/C14H24N2O/c1-5-7-17-14-8-13(9-15-10-14)11(3)12(4)16-6-2/h8-12,16H,5-7H2,1-4H3. The number of rotatable bonds is 7. The molecule has 2 unspecified atom stereocenters. The zero-order chi connectivity index (χ0) is 12.7. The molecule has 0 saturated carbocycles. The van der Waals surface area contributed by atoms with Crippen molar-refractivity contribution in [1.29, 1.82) is 0 Å². The van der Waals surface area contributed by atoms with Gasteiger partial charge < -0.3 is 10.1 Å². The number of hydrogen-bond donors (Lipinski definition) is 1. The molecule has 0 aliphatic rings. The Labute approximate surface area is 105 Å². The van der Waals surface area contributed by atoms with Gasteiger partial charge in [-0.25, -0.2) is 0 Å². The molecule has 0 bridgehead atoms. The summed E-state index contributed by atoms with van der Waals surface area (Å²) in [6.45, 7) is 10.4. The molecule has 3 nitrogen and oxygen atoms in total. The summed E-state index contributed by atoms with van der Waals surface area (Å²) in [6.07, 6.45) is 4.73. The van der Waals surface area contributed by atoms with Crippen LogP contribution in [0.25, 0.3) is 0 Å². The SMILES string of the molecule is CCCOc1cncc(C(C)C(C)NCC)c1. The molecule has 1 heterocycles. The van der Waals surface area contributed by atoms with E-state index in [-0.39, 0.29) is 0 Å². The molecule has 0 radical (unpaired) electrons. The van der Waals surface area contributed by atoms with Crippen LogP contribution in [0, 0.1) is 0 Å². The molecular formula is C14H24N2O. The maximum atomic E-state index is 5.60. The van der Waals surface area contributed by atoms with Gasteiger partial charge in [0.2, 0.25) is 0 Å². The third-order valence-electron chi connectivity index (χ3n) is 3.01. The average molecular weight is 236 g/mol. The maximum absolute atomic E-state index is 5.60. The average Bonchev–Trinajstić information content (AvgIpc) is 2.36. The van der Waals surface area contributed by atoms with E-state index in [1.54, 1.807) is 6.20 Å². The predicted octanol–water partition coefficient (Wildman–Crippen LogP) is 2.97. The van der Waals surface area contributed by atoms with Crippen LogP contribution in [0.3, 0.4) is 0 Å². The summed E-state index contributed by atoms with van der Waals surface area (Å²) in [5.41, 5.74) is 1.23. The van der Waals surface area contributed by atoms with Crippen LogP contribution >= 0.6 is 0 Å². The second-order valence-corrected chi connectivity index (χ2v) is 4.44. The Hall–Kier alpha value is -1.09. The third kappa shape index (κ3) is 4.35. The van der Waals surface area contributed by atoms with Crippen molar-refractivity contribution in [2.75, 3.05) is 13.2 Å². The summed E-state index contributed by atoms with van der Waals surface area (Å²) in [5, 5.41) is 3.44. The van der Waals surface area contributed by atoms with Crippen LogP contribution in [-0.2, 0) is 0 Å². The van der Waals surface area contributed by atoms with Gasteiger partial charge in [0.25, 0.3) is 0 Å². The molecular weight excluding hydrogens is 212 g/mol. The van der Waals surface area contributed by atoms with Crippen molar-refractivity contribution < 1.29 is 4.74 Å². The normalized spacial score (nSPS) is 14.4. The molecule has 1 aromatic heterocycles. The number of aromatic nitrogens is 1. The fourth-order valence-corrected chi connectivity index (χ4v) is 1.77. The van der Waals surface area contributed by atoms with Gasteiger partial charge in [-0.1, -0.05) is 20.8 Å². The van der Waals surface area contributed by atoms with Gasteiger partial charge in [0.15, 0.2) is 0 Å². The lowest BCUT2D eigenvalue weighted by molar-refractivity contribution is 0.315. The van der Waals surface area contributed by atoms with E-state index in [0.29, 0.717) is 12.0 Å². The first-order valence-corrected chi connectivity index (χ1v) is 6.50. The number of nitrogens with zero attached hydrogens (tertiary/aromatic N) is 1. The van der Waals surface area contributed by atoms with Crippen molar-refractivity contribution in [2.45, 2.75) is 46.1 Å². The van der Waals surface area contributed by atoms with Crippen molar-refractivity contribution >= 4 is 0 Å². The zero-order valence-corrected chi connectivity index (χ0v) is 11.4. The third-order valence-corrected chi connectivity index (χ3v) is 3.01. The number of pyridine rings is 1. The van der Waals surface area contributed by atoms with Crippen LogP contribution in [-0.4, -0.2) is 24.2 Å². The van der Waals surface area contributed by atoms with Crippen LogP contribution in [0.2, 0.25) is 0 Å². The Morgan fingerprint density at radius 3 is 2.71 bits per heavy atom. The Morgan fingerprint density at radius 2 is 2.06 bits per heavy atom. The molecule has 0 amide bonds. The molecule has 0 aliphatic heterocycles. The maximum Gasteiger partial charge on any atom is 0.137 e. The van der Waals surface area contributed by atoms with E-state index >= 15 is 0 Å².